The first-order valence-electron chi connectivity index (χ1n) is 8.53. The van der Waals surface area contributed by atoms with Crippen LogP contribution in [0.3, 0.4) is 0 Å². The number of carbonyl (C=O) groups is 1. The van der Waals surface area contributed by atoms with Gasteiger partial charge >= 0.3 is 0 Å². The van der Waals surface area contributed by atoms with E-state index < -0.39 is 0 Å². The molecule has 140 valence electrons. The monoisotopic (exact) mass is 384 g/mol. The second-order valence-corrected chi connectivity index (χ2v) is 6.95. The summed E-state index contributed by atoms with van der Waals surface area (Å²) in [6.07, 6.45) is 0. The number of para-hydroxylation sites is 1. The van der Waals surface area contributed by atoms with Crippen molar-refractivity contribution in [1.82, 2.24) is 10.2 Å². The SMILES string of the molecule is CCOc1ccc(C(=O)[C@H](C)Sc2nnc(-c3ccccc3OC)o2)cc1. The van der Waals surface area contributed by atoms with Gasteiger partial charge in [0, 0.05) is 5.56 Å². The lowest BCUT2D eigenvalue weighted by atomic mass is 10.1. The number of Topliss-reactive ketones (excluding diaryl/α,β-unsaturated/α-hetero) is 1. The van der Waals surface area contributed by atoms with Crippen molar-refractivity contribution < 1.29 is 18.7 Å². The molecule has 7 heteroatoms. The van der Waals surface area contributed by atoms with Crippen LogP contribution < -0.4 is 9.47 Å². The molecule has 0 fully saturated rings. The van der Waals surface area contributed by atoms with E-state index in [2.05, 4.69) is 10.2 Å². The Kier molecular flexibility index (Phi) is 6.13. The average Bonchev–Trinajstić information content (AvgIpc) is 3.16. The number of benzene rings is 2. The second kappa shape index (κ2) is 8.73. The second-order valence-electron chi connectivity index (χ2n) is 5.66. The van der Waals surface area contributed by atoms with Gasteiger partial charge in [-0.15, -0.1) is 10.2 Å². The molecule has 0 radical (unpaired) electrons. The van der Waals surface area contributed by atoms with Crippen LogP contribution in [0.15, 0.2) is 58.2 Å². The molecule has 0 saturated carbocycles. The van der Waals surface area contributed by atoms with Gasteiger partial charge in [-0.05, 0) is 50.2 Å². The minimum Gasteiger partial charge on any atom is -0.496 e. The molecule has 0 aliphatic heterocycles. The van der Waals surface area contributed by atoms with Crippen LogP contribution in [0.25, 0.3) is 11.5 Å². The number of thioether (sulfide) groups is 1. The van der Waals surface area contributed by atoms with Crippen molar-refractivity contribution in [3.05, 3.63) is 54.1 Å². The molecule has 0 N–H and O–H groups in total. The van der Waals surface area contributed by atoms with Crippen LogP contribution in [0, 0.1) is 0 Å². The number of ketones is 1. The van der Waals surface area contributed by atoms with Gasteiger partial charge in [-0.3, -0.25) is 4.79 Å². The highest BCUT2D eigenvalue weighted by atomic mass is 32.2. The van der Waals surface area contributed by atoms with E-state index >= 15 is 0 Å². The van der Waals surface area contributed by atoms with E-state index in [4.69, 9.17) is 13.9 Å². The van der Waals surface area contributed by atoms with Crippen molar-refractivity contribution >= 4 is 17.5 Å². The quantitative estimate of drug-likeness (QED) is 0.418. The average molecular weight is 384 g/mol. The lowest BCUT2D eigenvalue weighted by molar-refractivity contribution is 0.0993. The van der Waals surface area contributed by atoms with Crippen LogP contribution in [0.1, 0.15) is 24.2 Å². The number of rotatable bonds is 8. The zero-order valence-electron chi connectivity index (χ0n) is 15.3. The predicted octanol–water partition coefficient (Wildman–Crippen LogP) is 4.51. The largest absolute Gasteiger partial charge is 0.496 e. The van der Waals surface area contributed by atoms with Gasteiger partial charge in [0.25, 0.3) is 11.1 Å². The van der Waals surface area contributed by atoms with Crippen molar-refractivity contribution in [3.8, 4) is 23.0 Å². The summed E-state index contributed by atoms with van der Waals surface area (Å²) in [7, 11) is 1.59. The lowest BCUT2D eigenvalue weighted by Gasteiger charge is -2.08. The predicted molar refractivity (Wildman–Crippen MR) is 104 cm³/mol. The third kappa shape index (κ3) is 4.49. The van der Waals surface area contributed by atoms with Gasteiger partial charge < -0.3 is 13.9 Å². The van der Waals surface area contributed by atoms with E-state index in [1.54, 1.807) is 31.4 Å². The van der Waals surface area contributed by atoms with Crippen LogP contribution in [-0.4, -0.2) is 34.9 Å². The van der Waals surface area contributed by atoms with E-state index in [1.165, 1.54) is 11.8 Å². The first kappa shape index (κ1) is 19.0. The zero-order chi connectivity index (χ0) is 19.2. The Bertz CT molecular complexity index is 908. The Labute approximate surface area is 161 Å². The minimum atomic E-state index is -0.367. The normalized spacial score (nSPS) is 11.8. The van der Waals surface area contributed by atoms with Crippen molar-refractivity contribution in [2.45, 2.75) is 24.3 Å². The third-order valence-corrected chi connectivity index (χ3v) is 4.77. The highest BCUT2D eigenvalue weighted by molar-refractivity contribution is 8.00. The third-order valence-electron chi connectivity index (χ3n) is 3.84. The molecule has 0 saturated heterocycles. The molecule has 0 bridgehead atoms. The van der Waals surface area contributed by atoms with Crippen LogP contribution in [0.4, 0.5) is 0 Å². The maximum atomic E-state index is 12.6. The number of hydrogen-bond acceptors (Lipinski definition) is 7. The van der Waals surface area contributed by atoms with Crippen LogP contribution in [0.5, 0.6) is 11.5 Å². The Hall–Kier alpha value is -2.80. The van der Waals surface area contributed by atoms with E-state index in [1.807, 2.05) is 38.1 Å². The topological polar surface area (TPSA) is 74.5 Å². The summed E-state index contributed by atoms with van der Waals surface area (Å²) in [4.78, 5) is 12.6. The summed E-state index contributed by atoms with van der Waals surface area (Å²) < 4.78 is 16.4. The summed E-state index contributed by atoms with van der Waals surface area (Å²) in [6, 6.07) is 14.5. The molecule has 0 unspecified atom stereocenters. The highest BCUT2D eigenvalue weighted by Gasteiger charge is 2.21. The maximum absolute atomic E-state index is 12.6. The number of carbonyl (C=O) groups excluding carboxylic acids is 1. The Morgan fingerprint density at radius 3 is 2.59 bits per heavy atom. The molecule has 3 aromatic rings. The number of hydrogen-bond donors (Lipinski definition) is 0. The van der Waals surface area contributed by atoms with Gasteiger partial charge in [-0.25, -0.2) is 0 Å². The molecular formula is C20H20N2O4S. The number of nitrogens with zero attached hydrogens (tertiary/aromatic N) is 2. The molecular weight excluding hydrogens is 364 g/mol. The first-order chi connectivity index (χ1) is 13.1. The molecule has 0 aliphatic rings. The first-order valence-corrected chi connectivity index (χ1v) is 9.41. The fourth-order valence-electron chi connectivity index (χ4n) is 2.51. The molecule has 1 aromatic heterocycles. The summed E-state index contributed by atoms with van der Waals surface area (Å²) in [5.41, 5.74) is 1.33. The van der Waals surface area contributed by atoms with E-state index in [-0.39, 0.29) is 11.0 Å². The number of ether oxygens (including phenoxy) is 2. The molecule has 6 nitrogen and oxygen atoms in total. The van der Waals surface area contributed by atoms with Gasteiger partial charge in [-0.2, -0.15) is 0 Å². The van der Waals surface area contributed by atoms with Gasteiger partial charge in [0.2, 0.25) is 0 Å². The summed E-state index contributed by atoms with van der Waals surface area (Å²) >= 11 is 1.23. The smallest absolute Gasteiger partial charge is 0.277 e. The van der Waals surface area contributed by atoms with Crippen molar-refractivity contribution in [3.63, 3.8) is 0 Å². The van der Waals surface area contributed by atoms with E-state index in [9.17, 15) is 4.79 Å². The molecule has 1 heterocycles. The Morgan fingerprint density at radius 1 is 1.15 bits per heavy atom. The standard InChI is InChI=1S/C20H20N2O4S/c1-4-25-15-11-9-14(10-12-15)18(23)13(2)27-20-22-21-19(26-20)16-7-5-6-8-17(16)24-3/h5-13H,4H2,1-3H3/t13-/m0/s1. The maximum Gasteiger partial charge on any atom is 0.277 e. The number of aromatic nitrogens is 2. The van der Waals surface area contributed by atoms with Crippen molar-refractivity contribution in [2.75, 3.05) is 13.7 Å². The number of methoxy groups -OCH3 is 1. The van der Waals surface area contributed by atoms with Gasteiger partial charge in [0.1, 0.15) is 11.5 Å². The molecule has 0 aliphatic carbocycles. The molecule has 1 atom stereocenters. The zero-order valence-corrected chi connectivity index (χ0v) is 16.2. The molecule has 0 amide bonds. The van der Waals surface area contributed by atoms with Gasteiger partial charge in [-0.1, -0.05) is 23.9 Å². The molecule has 2 aromatic carbocycles. The van der Waals surface area contributed by atoms with Gasteiger partial charge in [0.05, 0.1) is 24.5 Å². The molecule has 0 spiro atoms. The van der Waals surface area contributed by atoms with Crippen LogP contribution in [0.2, 0.25) is 0 Å². The van der Waals surface area contributed by atoms with Crippen LogP contribution in [-0.2, 0) is 0 Å². The fourth-order valence-corrected chi connectivity index (χ4v) is 3.27. The highest BCUT2D eigenvalue weighted by Crippen LogP contribution is 2.32. The molecule has 3 rings (SSSR count). The van der Waals surface area contributed by atoms with Crippen molar-refractivity contribution in [2.24, 2.45) is 0 Å². The summed E-state index contributed by atoms with van der Waals surface area (Å²) in [6.45, 7) is 4.32. The summed E-state index contributed by atoms with van der Waals surface area (Å²) in [5, 5.41) is 8.08. The van der Waals surface area contributed by atoms with Gasteiger partial charge in [0.15, 0.2) is 5.78 Å². The summed E-state index contributed by atoms with van der Waals surface area (Å²) in [5.74, 6) is 1.74. The minimum absolute atomic E-state index is 0.0138. The Morgan fingerprint density at radius 2 is 1.89 bits per heavy atom. The van der Waals surface area contributed by atoms with Crippen LogP contribution >= 0.6 is 11.8 Å². The lowest BCUT2D eigenvalue weighted by Crippen LogP contribution is -2.13. The van der Waals surface area contributed by atoms with E-state index in [0.29, 0.717) is 34.6 Å². The van der Waals surface area contributed by atoms with E-state index in [0.717, 1.165) is 5.75 Å². The van der Waals surface area contributed by atoms with Crippen molar-refractivity contribution in [1.29, 1.82) is 0 Å². The molecule has 27 heavy (non-hydrogen) atoms. The Balaban J connectivity index is 1.70. The fraction of sp³-hybridized carbons (Fsp3) is 0.250.